The van der Waals surface area contributed by atoms with Gasteiger partial charge in [-0.25, -0.2) is 0 Å². The van der Waals surface area contributed by atoms with Crippen LogP contribution >= 0.6 is 56.9 Å². The highest BCUT2D eigenvalue weighted by Crippen LogP contribution is 2.26. The highest BCUT2D eigenvalue weighted by molar-refractivity contribution is 14.1. The van der Waals surface area contributed by atoms with Gasteiger partial charge in [0.15, 0.2) is 16.1 Å². The van der Waals surface area contributed by atoms with E-state index in [0.717, 1.165) is 19.3 Å². The summed E-state index contributed by atoms with van der Waals surface area (Å²) in [5.74, 6) is 0.922. The third-order valence-electron chi connectivity index (χ3n) is 3.54. The number of rotatable bonds is 0. The molecule has 0 saturated carbocycles. The Balaban J connectivity index is 2.24. The van der Waals surface area contributed by atoms with E-state index in [0.29, 0.717) is 22.7 Å². The van der Waals surface area contributed by atoms with E-state index in [2.05, 4.69) is 50.2 Å². The Hall–Kier alpha value is -0.620. The Morgan fingerprint density at radius 3 is 2.91 bits per heavy atom. The molecule has 8 heteroatoms. The molecular formula is C14H8I2N2O3S. The fraction of sp³-hybridized carbons (Fsp3) is 0.214. The number of hydrogen-bond donors (Lipinski definition) is 0. The molecule has 0 fully saturated rings. The van der Waals surface area contributed by atoms with Gasteiger partial charge < -0.3 is 4.42 Å². The standard InChI is InChI=1S/C14H8I2N2O3S/c15-6-4-7-10(19)9-12(21-11(7)8(16)5-6)17-14-18(13(9)20)2-1-3-22-14/h4-5H,1-3H2. The van der Waals surface area contributed by atoms with Crippen LogP contribution in [-0.2, 0) is 6.54 Å². The summed E-state index contributed by atoms with van der Waals surface area (Å²) in [5.41, 5.74) is 0.0474. The second kappa shape index (κ2) is 5.48. The van der Waals surface area contributed by atoms with Gasteiger partial charge in [-0.15, -0.1) is 0 Å². The molecule has 0 unspecified atom stereocenters. The first-order valence-electron chi connectivity index (χ1n) is 6.55. The average molecular weight is 538 g/mol. The van der Waals surface area contributed by atoms with Crippen molar-refractivity contribution in [2.75, 3.05) is 5.75 Å². The van der Waals surface area contributed by atoms with E-state index in [1.807, 2.05) is 6.07 Å². The quantitative estimate of drug-likeness (QED) is 0.250. The monoisotopic (exact) mass is 538 g/mol. The predicted molar refractivity (Wildman–Crippen MR) is 103 cm³/mol. The van der Waals surface area contributed by atoms with Crippen molar-refractivity contribution >= 4 is 79.0 Å². The molecule has 2 aromatic heterocycles. The van der Waals surface area contributed by atoms with Crippen LogP contribution in [0.1, 0.15) is 6.42 Å². The minimum Gasteiger partial charge on any atom is -0.436 e. The number of halogens is 2. The van der Waals surface area contributed by atoms with Crippen LogP contribution in [0.2, 0.25) is 0 Å². The van der Waals surface area contributed by atoms with Crippen molar-refractivity contribution in [3.05, 3.63) is 39.9 Å². The first kappa shape index (κ1) is 14.9. The zero-order valence-corrected chi connectivity index (χ0v) is 16.2. The Bertz CT molecular complexity index is 1060. The summed E-state index contributed by atoms with van der Waals surface area (Å²) in [7, 11) is 0. The lowest BCUT2D eigenvalue weighted by atomic mass is 10.2. The Labute approximate surface area is 155 Å². The molecule has 4 rings (SSSR count). The zero-order valence-electron chi connectivity index (χ0n) is 11.1. The van der Waals surface area contributed by atoms with Crippen molar-refractivity contribution in [3.8, 4) is 0 Å². The SMILES string of the molecule is O=c1c2cc(I)cc(I)c2oc2nc3n(c(=O)c12)CCCS3. The summed E-state index contributed by atoms with van der Waals surface area (Å²) in [6, 6.07) is 3.68. The molecule has 112 valence electrons. The van der Waals surface area contributed by atoms with E-state index in [9.17, 15) is 9.59 Å². The number of thioether (sulfide) groups is 1. The summed E-state index contributed by atoms with van der Waals surface area (Å²) in [6.07, 6.45) is 0.902. The molecule has 22 heavy (non-hydrogen) atoms. The molecule has 3 aromatic rings. The van der Waals surface area contributed by atoms with Gasteiger partial charge in [-0.1, -0.05) is 11.8 Å². The maximum atomic E-state index is 12.8. The number of hydrogen-bond acceptors (Lipinski definition) is 5. The minimum atomic E-state index is -0.295. The smallest absolute Gasteiger partial charge is 0.269 e. The molecule has 0 N–H and O–H groups in total. The van der Waals surface area contributed by atoms with Crippen LogP contribution < -0.4 is 11.0 Å². The van der Waals surface area contributed by atoms with E-state index in [1.165, 1.54) is 11.8 Å². The highest BCUT2D eigenvalue weighted by atomic mass is 127. The lowest BCUT2D eigenvalue weighted by molar-refractivity contribution is 0.551. The van der Waals surface area contributed by atoms with E-state index in [-0.39, 0.29) is 22.1 Å². The van der Waals surface area contributed by atoms with Crippen LogP contribution in [0.25, 0.3) is 22.1 Å². The molecule has 0 amide bonds. The van der Waals surface area contributed by atoms with E-state index in [1.54, 1.807) is 10.6 Å². The minimum absolute atomic E-state index is 0.0524. The van der Waals surface area contributed by atoms with E-state index in [4.69, 9.17) is 4.42 Å². The number of benzene rings is 1. The number of fused-ring (bicyclic) bond motifs is 3. The van der Waals surface area contributed by atoms with Crippen molar-refractivity contribution in [1.82, 2.24) is 9.55 Å². The molecule has 1 aliphatic rings. The van der Waals surface area contributed by atoms with Gasteiger partial charge in [0.25, 0.3) is 5.56 Å². The first-order chi connectivity index (χ1) is 10.6. The van der Waals surface area contributed by atoms with Gasteiger partial charge in [0.1, 0.15) is 0 Å². The van der Waals surface area contributed by atoms with Crippen molar-refractivity contribution in [2.45, 2.75) is 18.1 Å². The van der Waals surface area contributed by atoms with Crippen molar-refractivity contribution in [1.29, 1.82) is 0 Å². The molecular weight excluding hydrogens is 530 g/mol. The highest BCUT2D eigenvalue weighted by Gasteiger charge is 2.21. The van der Waals surface area contributed by atoms with Crippen LogP contribution in [0, 0.1) is 7.14 Å². The van der Waals surface area contributed by atoms with Crippen LogP contribution in [0.15, 0.2) is 31.3 Å². The summed E-state index contributed by atoms with van der Waals surface area (Å²) >= 11 is 5.80. The van der Waals surface area contributed by atoms with Crippen LogP contribution in [0.5, 0.6) is 0 Å². The van der Waals surface area contributed by atoms with Crippen molar-refractivity contribution in [3.63, 3.8) is 0 Å². The molecule has 3 heterocycles. The molecule has 1 aromatic carbocycles. The van der Waals surface area contributed by atoms with Gasteiger partial charge in [-0.2, -0.15) is 4.98 Å². The molecule has 0 spiro atoms. The van der Waals surface area contributed by atoms with Gasteiger partial charge in [0.2, 0.25) is 11.1 Å². The first-order valence-corrected chi connectivity index (χ1v) is 9.70. The molecule has 0 radical (unpaired) electrons. The largest absolute Gasteiger partial charge is 0.436 e. The van der Waals surface area contributed by atoms with Crippen LogP contribution in [0.4, 0.5) is 0 Å². The normalized spacial score (nSPS) is 14.5. The lowest BCUT2D eigenvalue weighted by Gasteiger charge is -2.16. The van der Waals surface area contributed by atoms with Crippen molar-refractivity contribution in [2.24, 2.45) is 0 Å². The molecule has 0 saturated heterocycles. The second-order valence-corrected chi connectivity index (χ2v) is 8.40. The summed E-state index contributed by atoms with van der Waals surface area (Å²) in [5, 5.41) is 1.12. The third-order valence-corrected chi connectivity index (χ3v) is 6.02. The Morgan fingerprint density at radius 2 is 2.09 bits per heavy atom. The summed E-state index contributed by atoms with van der Waals surface area (Å²) in [4.78, 5) is 29.8. The van der Waals surface area contributed by atoms with E-state index < -0.39 is 0 Å². The number of nitrogens with zero attached hydrogens (tertiary/aromatic N) is 2. The lowest BCUT2D eigenvalue weighted by Crippen LogP contribution is -2.29. The van der Waals surface area contributed by atoms with Gasteiger partial charge in [-0.05, 0) is 63.7 Å². The predicted octanol–water partition coefficient (Wildman–Crippen LogP) is 3.21. The second-order valence-electron chi connectivity index (χ2n) is 4.93. The molecule has 5 nitrogen and oxygen atoms in total. The van der Waals surface area contributed by atoms with Crippen LogP contribution in [-0.4, -0.2) is 15.3 Å². The Kier molecular flexibility index (Phi) is 3.72. The zero-order chi connectivity index (χ0) is 15.4. The average Bonchev–Trinajstić information content (AvgIpc) is 2.49. The van der Waals surface area contributed by atoms with Gasteiger partial charge >= 0.3 is 0 Å². The molecule has 0 bridgehead atoms. The maximum Gasteiger partial charge on any atom is 0.269 e. The van der Waals surface area contributed by atoms with E-state index >= 15 is 0 Å². The fourth-order valence-corrected chi connectivity index (χ4v) is 5.43. The van der Waals surface area contributed by atoms with Gasteiger partial charge in [0, 0.05) is 15.9 Å². The van der Waals surface area contributed by atoms with Gasteiger partial charge in [0.05, 0.1) is 8.96 Å². The number of aromatic nitrogens is 2. The molecule has 0 aliphatic carbocycles. The summed E-state index contributed by atoms with van der Waals surface area (Å²) in [6.45, 7) is 0.603. The van der Waals surface area contributed by atoms with Crippen molar-refractivity contribution < 1.29 is 4.42 Å². The maximum absolute atomic E-state index is 12.8. The molecule has 0 atom stereocenters. The third kappa shape index (κ3) is 2.21. The topological polar surface area (TPSA) is 65.1 Å². The van der Waals surface area contributed by atoms with Crippen LogP contribution in [0.3, 0.4) is 0 Å². The molecule has 1 aliphatic heterocycles. The summed E-state index contributed by atoms with van der Waals surface area (Å²) < 4.78 is 9.16. The fourth-order valence-electron chi connectivity index (χ4n) is 2.54. The van der Waals surface area contributed by atoms with Gasteiger partial charge in [-0.3, -0.25) is 14.2 Å². The Morgan fingerprint density at radius 1 is 1.27 bits per heavy atom.